The molecule has 2 aromatic rings. The van der Waals surface area contributed by atoms with Gasteiger partial charge < -0.3 is 13.9 Å². The van der Waals surface area contributed by atoms with E-state index in [-0.39, 0.29) is 4.83 Å². The van der Waals surface area contributed by atoms with Gasteiger partial charge >= 0.3 is 0 Å². The second kappa shape index (κ2) is 6.32. The number of alkyl halides is 1. The summed E-state index contributed by atoms with van der Waals surface area (Å²) in [6, 6.07) is 7.70. The number of aryl methyl sites for hydroxylation is 1. The quantitative estimate of drug-likeness (QED) is 0.700. The van der Waals surface area contributed by atoms with Crippen LogP contribution < -0.4 is 9.47 Å². The Morgan fingerprint density at radius 2 is 1.90 bits per heavy atom. The number of ether oxygens (including phenoxy) is 2. The van der Waals surface area contributed by atoms with Crippen LogP contribution in [0.5, 0.6) is 11.5 Å². The van der Waals surface area contributed by atoms with Crippen LogP contribution in [0.25, 0.3) is 0 Å². The van der Waals surface area contributed by atoms with Crippen LogP contribution in [-0.4, -0.2) is 13.2 Å². The lowest BCUT2D eigenvalue weighted by atomic mass is 10.1. The van der Waals surface area contributed by atoms with Crippen molar-refractivity contribution in [3.05, 3.63) is 46.4 Å². The van der Waals surface area contributed by atoms with E-state index in [4.69, 9.17) is 25.5 Å². The van der Waals surface area contributed by atoms with Crippen LogP contribution in [0.2, 0.25) is 5.02 Å². The molecule has 0 aliphatic carbocycles. The summed E-state index contributed by atoms with van der Waals surface area (Å²) in [4.78, 5) is -0.109. The number of benzene rings is 1. The first-order valence-electron chi connectivity index (χ1n) is 7.00. The van der Waals surface area contributed by atoms with Gasteiger partial charge in [0.25, 0.3) is 0 Å². The molecule has 0 bridgehead atoms. The molecule has 3 nitrogen and oxygen atoms in total. The van der Waals surface area contributed by atoms with Crippen molar-refractivity contribution in [1.82, 2.24) is 0 Å². The second-order valence-corrected chi connectivity index (χ2v) is 6.21. The van der Waals surface area contributed by atoms with Crippen molar-refractivity contribution < 1.29 is 13.9 Å². The molecule has 5 heteroatoms. The molecule has 0 amide bonds. The molecule has 3 rings (SSSR count). The predicted octanol–water partition coefficient (Wildman–Crippen LogP) is 5.14. The van der Waals surface area contributed by atoms with Crippen molar-refractivity contribution in [3.8, 4) is 11.5 Å². The third-order valence-corrected chi connectivity index (χ3v) is 4.69. The molecule has 1 aliphatic rings. The van der Waals surface area contributed by atoms with Crippen LogP contribution in [0.1, 0.15) is 35.3 Å². The monoisotopic (exact) mass is 370 g/mol. The van der Waals surface area contributed by atoms with E-state index in [1.165, 1.54) is 0 Å². The van der Waals surface area contributed by atoms with E-state index in [0.717, 1.165) is 35.7 Å². The molecular weight excluding hydrogens is 356 g/mol. The molecule has 0 saturated heterocycles. The minimum Gasteiger partial charge on any atom is -0.490 e. The third-order valence-electron chi connectivity index (χ3n) is 3.42. The zero-order valence-corrected chi connectivity index (χ0v) is 14.0. The van der Waals surface area contributed by atoms with Gasteiger partial charge in [-0.2, -0.15) is 0 Å². The molecule has 2 heterocycles. The fourth-order valence-corrected chi connectivity index (χ4v) is 3.29. The Morgan fingerprint density at radius 1 is 1.19 bits per heavy atom. The molecule has 1 aliphatic heterocycles. The second-order valence-electron chi connectivity index (χ2n) is 4.89. The fraction of sp³-hybridized carbons (Fsp3) is 0.375. The average Bonchev–Trinajstić information content (AvgIpc) is 2.86. The highest BCUT2D eigenvalue weighted by molar-refractivity contribution is 9.09. The summed E-state index contributed by atoms with van der Waals surface area (Å²) in [5.74, 6) is 3.23. The summed E-state index contributed by atoms with van der Waals surface area (Å²) < 4.78 is 17.2. The maximum absolute atomic E-state index is 6.39. The highest BCUT2D eigenvalue weighted by atomic mass is 79.9. The minimum absolute atomic E-state index is 0.109. The molecule has 112 valence electrons. The summed E-state index contributed by atoms with van der Waals surface area (Å²) >= 11 is 10.1. The van der Waals surface area contributed by atoms with Crippen molar-refractivity contribution in [2.75, 3.05) is 13.2 Å². The summed E-state index contributed by atoms with van der Waals surface area (Å²) in [5.41, 5.74) is 0.915. The smallest absolute Gasteiger partial charge is 0.162 e. The van der Waals surface area contributed by atoms with E-state index in [1.54, 1.807) is 0 Å². The van der Waals surface area contributed by atoms with E-state index in [2.05, 4.69) is 22.9 Å². The van der Waals surface area contributed by atoms with E-state index in [0.29, 0.717) is 24.0 Å². The molecule has 1 unspecified atom stereocenters. The van der Waals surface area contributed by atoms with Gasteiger partial charge in [0, 0.05) is 23.9 Å². The lowest BCUT2D eigenvalue weighted by molar-refractivity contribution is 0.297. The molecule has 1 aromatic heterocycles. The van der Waals surface area contributed by atoms with Crippen LogP contribution in [0.3, 0.4) is 0 Å². The predicted molar refractivity (Wildman–Crippen MR) is 85.9 cm³/mol. The van der Waals surface area contributed by atoms with E-state index in [9.17, 15) is 0 Å². The van der Waals surface area contributed by atoms with Gasteiger partial charge in [0.05, 0.1) is 18.0 Å². The van der Waals surface area contributed by atoms with Gasteiger partial charge in [0.2, 0.25) is 0 Å². The van der Waals surface area contributed by atoms with Crippen LogP contribution in [0.4, 0.5) is 0 Å². The lowest BCUT2D eigenvalue weighted by Gasteiger charge is -2.14. The standard InChI is InChI=1S/C16H16BrClO3/c1-2-10-4-5-13(21-10)16(17)11-8-14-15(9-12(11)18)20-7-3-6-19-14/h4-5,8-9,16H,2-3,6-7H2,1H3. The molecule has 0 N–H and O–H groups in total. The maximum Gasteiger partial charge on any atom is 0.162 e. The van der Waals surface area contributed by atoms with Gasteiger partial charge in [-0.1, -0.05) is 34.5 Å². The zero-order valence-electron chi connectivity index (χ0n) is 11.7. The number of hydrogen-bond donors (Lipinski definition) is 0. The van der Waals surface area contributed by atoms with Crippen LogP contribution in [-0.2, 0) is 6.42 Å². The van der Waals surface area contributed by atoms with Crippen molar-refractivity contribution in [2.24, 2.45) is 0 Å². The Morgan fingerprint density at radius 3 is 2.57 bits per heavy atom. The fourth-order valence-electron chi connectivity index (χ4n) is 2.27. The average molecular weight is 372 g/mol. The van der Waals surface area contributed by atoms with Gasteiger partial charge in [-0.3, -0.25) is 0 Å². The van der Waals surface area contributed by atoms with Gasteiger partial charge in [0.15, 0.2) is 11.5 Å². The number of furan rings is 1. The summed E-state index contributed by atoms with van der Waals surface area (Å²) in [6.07, 6.45) is 1.74. The normalized spacial score (nSPS) is 15.6. The van der Waals surface area contributed by atoms with Gasteiger partial charge in [-0.25, -0.2) is 0 Å². The first kappa shape index (κ1) is 14.8. The Labute approximate surface area is 137 Å². The molecule has 0 saturated carbocycles. The molecule has 0 radical (unpaired) electrons. The van der Waals surface area contributed by atoms with Crippen molar-refractivity contribution in [2.45, 2.75) is 24.6 Å². The molecule has 1 aromatic carbocycles. The molecule has 0 fully saturated rings. The molecule has 0 spiro atoms. The van der Waals surface area contributed by atoms with Crippen molar-refractivity contribution >= 4 is 27.5 Å². The topological polar surface area (TPSA) is 31.6 Å². The summed E-state index contributed by atoms with van der Waals surface area (Å²) in [6.45, 7) is 3.37. The van der Waals surface area contributed by atoms with E-state index in [1.807, 2.05) is 24.3 Å². The first-order chi connectivity index (χ1) is 10.2. The Balaban J connectivity index is 1.95. The number of fused-ring (bicyclic) bond motifs is 1. The molecule has 21 heavy (non-hydrogen) atoms. The number of hydrogen-bond acceptors (Lipinski definition) is 3. The summed E-state index contributed by atoms with van der Waals surface area (Å²) in [5, 5.41) is 0.635. The largest absolute Gasteiger partial charge is 0.490 e. The van der Waals surface area contributed by atoms with Crippen molar-refractivity contribution in [3.63, 3.8) is 0 Å². The van der Waals surface area contributed by atoms with E-state index < -0.39 is 0 Å². The Hall–Kier alpha value is -1.13. The van der Waals surface area contributed by atoms with E-state index >= 15 is 0 Å². The number of halogens is 2. The van der Waals surface area contributed by atoms with Crippen LogP contribution in [0.15, 0.2) is 28.7 Å². The zero-order chi connectivity index (χ0) is 14.8. The van der Waals surface area contributed by atoms with Gasteiger partial charge in [-0.15, -0.1) is 0 Å². The molecule has 1 atom stereocenters. The highest BCUT2D eigenvalue weighted by Gasteiger charge is 2.21. The van der Waals surface area contributed by atoms with Gasteiger partial charge in [-0.05, 0) is 23.8 Å². The first-order valence-corrected chi connectivity index (χ1v) is 8.30. The minimum atomic E-state index is -0.109. The third kappa shape index (κ3) is 3.06. The van der Waals surface area contributed by atoms with Crippen LogP contribution in [0, 0.1) is 0 Å². The Kier molecular flexibility index (Phi) is 4.45. The van der Waals surface area contributed by atoms with Gasteiger partial charge in [0.1, 0.15) is 11.5 Å². The lowest BCUT2D eigenvalue weighted by Crippen LogP contribution is -1.97. The summed E-state index contributed by atoms with van der Waals surface area (Å²) in [7, 11) is 0. The Bertz CT molecular complexity index is 638. The van der Waals surface area contributed by atoms with Crippen molar-refractivity contribution in [1.29, 1.82) is 0 Å². The van der Waals surface area contributed by atoms with Crippen LogP contribution >= 0.6 is 27.5 Å². The highest BCUT2D eigenvalue weighted by Crippen LogP contribution is 2.42. The SMILES string of the molecule is CCc1ccc(C(Br)c2cc3c(cc2Cl)OCCCO3)o1. The maximum atomic E-state index is 6.39. The molecular formula is C16H16BrClO3. The number of rotatable bonds is 3.